The lowest BCUT2D eigenvalue weighted by atomic mass is 10.1. The van der Waals surface area contributed by atoms with Crippen LogP contribution in [-0.2, 0) is 9.53 Å². The first-order chi connectivity index (χ1) is 8.35. The van der Waals surface area contributed by atoms with Crippen molar-refractivity contribution in [3.05, 3.63) is 0 Å². The maximum atomic E-state index is 9.77. The predicted octanol–water partition coefficient (Wildman–Crippen LogP) is 3.14. The van der Waals surface area contributed by atoms with Gasteiger partial charge < -0.3 is 9.64 Å². The number of carbonyl (C=O) groups excluding carboxylic acids is 1. The third-order valence-electron chi connectivity index (χ3n) is 3.17. The standard InChI is InChI=1S/C14H28NO2/c1-3-15(4-2)12-10-8-6-5-7-9-11-13-17-14-16/h3-13H2,1-2H3. The first-order valence-corrected chi connectivity index (χ1v) is 7.06. The molecule has 101 valence electrons. The Balaban J connectivity index is 3.05. The van der Waals surface area contributed by atoms with Crippen molar-refractivity contribution < 1.29 is 9.53 Å². The Morgan fingerprint density at radius 2 is 1.41 bits per heavy atom. The van der Waals surface area contributed by atoms with Gasteiger partial charge in [0.1, 0.15) is 0 Å². The first kappa shape index (κ1) is 16.4. The molecule has 0 aliphatic rings. The molecule has 17 heavy (non-hydrogen) atoms. The Bertz CT molecular complexity index is 158. The van der Waals surface area contributed by atoms with E-state index in [1.807, 2.05) is 0 Å². The molecule has 0 aliphatic carbocycles. The van der Waals surface area contributed by atoms with Gasteiger partial charge in [-0.15, -0.1) is 0 Å². The van der Waals surface area contributed by atoms with Crippen molar-refractivity contribution in [3.63, 3.8) is 0 Å². The van der Waals surface area contributed by atoms with Crippen molar-refractivity contribution in [2.24, 2.45) is 0 Å². The van der Waals surface area contributed by atoms with Crippen LogP contribution in [0.25, 0.3) is 0 Å². The van der Waals surface area contributed by atoms with Crippen LogP contribution in [-0.4, -0.2) is 37.6 Å². The molecule has 0 N–H and O–H groups in total. The van der Waals surface area contributed by atoms with Crippen LogP contribution in [0.3, 0.4) is 0 Å². The second-order valence-corrected chi connectivity index (χ2v) is 4.43. The summed E-state index contributed by atoms with van der Waals surface area (Å²) in [6, 6.07) is 0. The van der Waals surface area contributed by atoms with E-state index in [0.29, 0.717) is 6.61 Å². The lowest BCUT2D eigenvalue weighted by Crippen LogP contribution is -2.23. The number of rotatable bonds is 13. The van der Waals surface area contributed by atoms with E-state index < -0.39 is 0 Å². The van der Waals surface area contributed by atoms with Gasteiger partial charge in [0.25, 0.3) is 0 Å². The predicted molar refractivity (Wildman–Crippen MR) is 71.8 cm³/mol. The molecule has 0 aromatic carbocycles. The van der Waals surface area contributed by atoms with Gasteiger partial charge in [0, 0.05) is 0 Å². The van der Waals surface area contributed by atoms with Gasteiger partial charge in [-0.05, 0) is 32.5 Å². The maximum absolute atomic E-state index is 9.77. The van der Waals surface area contributed by atoms with Crippen molar-refractivity contribution in [2.45, 2.75) is 58.8 Å². The number of nitrogens with zero attached hydrogens (tertiary/aromatic N) is 1. The average molecular weight is 242 g/mol. The third-order valence-corrected chi connectivity index (χ3v) is 3.17. The highest BCUT2D eigenvalue weighted by molar-refractivity contribution is 5.37. The molecule has 0 heterocycles. The highest BCUT2D eigenvalue weighted by atomic mass is 16.5. The van der Waals surface area contributed by atoms with Gasteiger partial charge in [0.05, 0.1) is 6.61 Å². The van der Waals surface area contributed by atoms with Crippen LogP contribution < -0.4 is 0 Å². The van der Waals surface area contributed by atoms with E-state index in [1.54, 1.807) is 0 Å². The monoisotopic (exact) mass is 242 g/mol. The van der Waals surface area contributed by atoms with Crippen molar-refractivity contribution in [2.75, 3.05) is 26.2 Å². The van der Waals surface area contributed by atoms with E-state index in [-0.39, 0.29) is 0 Å². The summed E-state index contributed by atoms with van der Waals surface area (Å²) in [5.41, 5.74) is 0. The lowest BCUT2D eigenvalue weighted by Gasteiger charge is -2.17. The molecule has 0 unspecified atom stereocenters. The number of unbranched alkanes of at least 4 members (excludes halogenated alkanes) is 6. The zero-order valence-electron chi connectivity index (χ0n) is 11.5. The van der Waals surface area contributed by atoms with Crippen molar-refractivity contribution in [3.8, 4) is 0 Å². The molecule has 3 nitrogen and oxygen atoms in total. The zero-order chi connectivity index (χ0) is 12.8. The molecule has 0 fully saturated rings. The third kappa shape index (κ3) is 11.7. The van der Waals surface area contributed by atoms with Gasteiger partial charge in [0.2, 0.25) is 0 Å². The van der Waals surface area contributed by atoms with Crippen molar-refractivity contribution in [1.29, 1.82) is 0 Å². The molecule has 0 aliphatic heterocycles. The minimum Gasteiger partial charge on any atom is -0.457 e. The summed E-state index contributed by atoms with van der Waals surface area (Å²) >= 11 is 0. The van der Waals surface area contributed by atoms with Crippen LogP contribution in [0.2, 0.25) is 0 Å². The summed E-state index contributed by atoms with van der Waals surface area (Å²) < 4.78 is 4.52. The Morgan fingerprint density at radius 3 is 1.94 bits per heavy atom. The van der Waals surface area contributed by atoms with Gasteiger partial charge >= 0.3 is 6.47 Å². The Hall–Kier alpha value is -0.570. The van der Waals surface area contributed by atoms with Gasteiger partial charge in [-0.1, -0.05) is 46.0 Å². The molecule has 0 saturated carbocycles. The topological polar surface area (TPSA) is 29.5 Å². The zero-order valence-corrected chi connectivity index (χ0v) is 11.5. The SMILES string of the molecule is CCN(CC)CCCCCCCCCO[C]=O. The summed E-state index contributed by atoms with van der Waals surface area (Å²) in [6.45, 7) is 10.0. The van der Waals surface area contributed by atoms with E-state index in [9.17, 15) is 4.79 Å². The van der Waals surface area contributed by atoms with E-state index >= 15 is 0 Å². The Morgan fingerprint density at radius 1 is 0.882 bits per heavy atom. The second kappa shape index (κ2) is 13.5. The van der Waals surface area contributed by atoms with Crippen LogP contribution >= 0.6 is 0 Å². The van der Waals surface area contributed by atoms with Crippen molar-refractivity contribution in [1.82, 2.24) is 4.90 Å². The minimum absolute atomic E-state index is 0.533. The number of ether oxygens (including phenoxy) is 1. The molecule has 0 atom stereocenters. The molecular formula is C14H28NO2. The molecule has 0 aromatic rings. The van der Waals surface area contributed by atoms with Crippen molar-refractivity contribution >= 4 is 6.47 Å². The molecule has 0 amide bonds. The molecule has 0 aromatic heterocycles. The van der Waals surface area contributed by atoms with E-state index in [4.69, 9.17) is 0 Å². The van der Waals surface area contributed by atoms with Crippen LogP contribution in [0.15, 0.2) is 0 Å². The summed E-state index contributed by atoms with van der Waals surface area (Å²) in [7, 11) is 0. The van der Waals surface area contributed by atoms with E-state index in [1.165, 1.54) is 58.2 Å². The second-order valence-electron chi connectivity index (χ2n) is 4.43. The van der Waals surface area contributed by atoms with Crippen LogP contribution in [0.4, 0.5) is 0 Å². The van der Waals surface area contributed by atoms with Gasteiger partial charge in [-0.2, -0.15) is 0 Å². The van der Waals surface area contributed by atoms with Crippen LogP contribution in [0.5, 0.6) is 0 Å². The molecular weight excluding hydrogens is 214 g/mol. The molecule has 0 rings (SSSR count). The largest absolute Gasteiger partial charge is 0.457 e. The Labute approximate surface area is 107 Å². The fraction of sp³-hybridized carbons (Fsp3) is 0.929. The molecule has 1 radical (unpaired) electrons. The molecule has 0 saturated heterocycles. The fourth-order valence-corrected chi connectivity index (χ4v) is 1.98. The lowest BCUT2D eigenvalue weighted by molar-refractivity contribution is 0.268. The fourth-order valence-electron chi connectivity index (χ4n) is 1.98. The summed E-state index contributed by atoms with van der Waals surface area (Å²) in [5, 5.41) is 0. The quantitative estimate of drug-likeness (QED) is 0.465. The van der Waals surface area contributed by atoms with Crippen LogP contribution in [0.1, 0.15) is 58.8 Å². The smallest absolute Gasteiger partial charge is 0.417 e. The van der Waals surface area contributed by atoms with Gasteiger partial charge in [-0.25, -0.2) is 4.79 Å². The van der Waals surface area contributed by atoms with E-state index in [2.05, 4.69) is 23.5 Å². The highest BCUT2D eigenvalue weighted by Gasteiger charge is 1.98. The average Bonchev–Trinajstić information content (AvgIpc) is 2.36. The summed E-state index contributed by atoms with van der Waals surface area (Å²) in [6.07, 6.45) is 8.71. The minimum atomic E-state index is 0.533. The normalized spacial score (nSPS) is 10.8. The van der Waals surface area contributed by atoms with Crippen LogP contribution in [0, 0.1) is 0 Å². The molecule has 0 spiro atoms. The number of hydrogen-bond acceptors (Lipinski definition) is 3. The van der Waals surface area contributed by atoms with Gasteiger partial charge in [0.15, 0.2) is 0 Å². The Kier molecular flexibility index (Phi) is 13.0. The van der Waals surface area contributed by atoms with E-state index in [0.717, 1.165) is 12.8 Å². The first-order valence-electron chi connectivity index (χ1n) is 7.06. The maximum Gasteiger partial charge on any atom is 0.417 e. The number of hydrogen-bond donors (Lipinski definition) is 0. The molecule has 0 bridgehead atoms. The molecule has 3 heteroatoms. The summed E-state index contributed by atoms with van der Waals surface area (Å²) in [5.74, 6) is 0. The highest BCUT2D eigenvalue weighted by Crippen LogP contribution is 2.07. The van der Waals surface area contributed by atoms with Gasteiger partial charge in [-0.3, -0.25) is 0 Å². The summed E-state index contributed by atoms with van der Waals surface area (Å²) in [4.78, 5) is 12.2.